The summed E-state index contributed by atoms with van der Waals surface area (Å²) in [6.07, 6.45) is 14.3. The van der Waals surface area contributed by atoms with E-state index in [1.165, 1.54) is 38.5 Å². The number of carbonyl (C=O) groups excluding carboxylic acids is 2. The molecular weight excluding hydrogens is 486 g/mol. The summed E-state index contributed by atoms with van der Waals surface area (Å²) in [6.45, 7) is 7.38. The molecular formula is C30H49NO5S. The van der Waals surface area contributed by atoms with Crippen LogP contribution in [0.25, 0.3) is 0 Å². The van der Waals surface area contributed by atoms with E-state index in [-0.39, 0.29) is 5.91 Å². The largest absolute Gasteiger partial charge is 0.352 e. The van der Waals surface area contributed by atoms with Gasteiger partial charge in [-0.1, -0.05) is 33.6 Å². The summed E-state index contributed by atoms with van der Waals surface area (Å²) in [5.41, 5.74) is 0.684. The van der Waals surface area contributed by atoms with Gasteiger partial charge in [0, 0.05) is 25.3 Å². The molecule has 0 aromatic carbocycles. The molecule has 0 heterocycles. The second-order valence-electron chi connectivity index (χ2n) is 14.2. The Kier molecular flexibility index (Phi) is 7.63. The highest BCUT2D eigenvalue weighted by Crippen LogP contribution is 2.68. The molecule has 0 bridgehead atoms. The van der Waals surface area contributed by atoms with Gasteiger partial charge in [0.25, 0.3) is 10.1 Å². The van der Waals surface area contributed by atoms with E-state index in [1.54, 1.807) is 0 Å². The number of hydrogen-bond acceptors (Lipinski definition) is 4. The third-order valence-corrected chi connectivity index (χ3v) is 13.8. The van der Waals surface area contributed by atoms with E-state index in [1.807, 2.05) is 0 Å². The molecule has 37 heavy (non-hydrogen) atoms. The number of fused-ring (bicyclic) bond motifs is 5. The molecule has 0 saturated heterocycles. The molecule has 0 aromatic heterocycles. The minimum atomic E-state index is -4.14. The molecule has 5 aliphatic rings. The molecule has 5 fully saturated rings. The number of hydrogen-bond donors (Lipinski definition) is 2. The number of Topliss-reactive ketones (excluding diaryl/α,β-unsaturated/α-hetero) is 1. The first-order chi connectivity index (χ1) is 17.4. The average molecular weight is 536 g/mol. The second kappa shape index (κ2) is 10.2. The number of ketones is 1. The maximum Gasteiger partial charge on any atom is 0.269 e. The van der Waals surface area contributed by atoms with Gasteiger partial charge in [-0.25, -0.2) is 0 Å². The molecule has 5 rings (SSSR count). The summed E-state index contributed by atoms with van der Waals surface area (Å²) in [5, 5.41) is 2.09. The van der Waals surface area contributed by atoms with E-state index in [9.17, 15) is 22.6 Å². The third kappa shape index (κ3) is 5.05. The van der Waals surface area contributed by atoms with Gasteiger partial charge in [-0.05, 0) is 111 Å². The van der Waals surface area contributed by atoms with Gasteiger partial charge in [0.05, 0.1) is 0 Å². The van der Waals surface area contributed by atoms with Crippen molar-refractivity contribution < 1.29 is 22.6 Å². The first-order valence-electron chi connectivity index (χ1n) is 15.2. The molecule has 2 N–H and O–H groups in total. The highest BCUT2D eigenvalue weighted by Gasteiger charge is 2.60. The third-order valence-electron chi connectivity index (χ3n) is 12.5. The Bertz CT molecular complexity index is 996. The van der Waals surface area contributed by atoms with Gasteiger partial charge in [0.2, 0.25) is 5.91 Å². The smallest absolute Gasteiger partial charge is 0.269 e. The van der Waals surface area contributed by atoms with Crippen molar-refractivity contribution in [3.05, 3.63) is 0 Å². The maximum atomic E-state index is 12.8. The second-order valence-corrected chi connectivity index (χ2v) is 15.8. The van der Waals surface area contributed by atoms with Gasteiger partial charge in [-0.3, -0.25) is 14.1 Å². The van der Waals surface area contributed by atoms with Gasteiger partial charge in [0.15, 0.2) is 0 Å². The Balaban J connectivity index is 1.19. The Morgan fingerprint density at radius 2 is 1.73 bits per heavy atom. The molecule has 5 aliphatic carbocycles. The molecule has 1 amide bonds. The maximum absolute atomic E-state index is 12.8. The molecule has 7 heteroatoms. The van der Waals surface area contributed by atoms with Gasteiger partial charge >= 0.3 is 0 Å². The fourth-order valence-corrected chi connectivity index (χ4v) is 11.6. The van der Waals surface area contributed by atoms with Crippen LogP contribution in [0.4, 0.5) is 0 Å². The summed E-state index contributed by atoms with van der Waals surface area (Å²) < 4.78 is 33.2. The number of nitrogens with one attached hydrogen (secondary N) is 1. The van der Waals surface area contributed by atoms with Crippen LogP contribution < -0.4 is 5.32 Å². The van der Waals surface area contributed by atoms with Crippen LogP contribution in [0.15, 0.2) is 0 Å². The molecule has 6 nitrogen and oxygen atoms in total. The molecule has 5 saturated carbocycles. The number of rotatable bonds is 6. The van der Waals surface area contributed by atoms with Crippen LogP contribution in [0, 0.1) is 46.3 Å². The lowest BCUT2D eigenvalue weighted by Crippen LogP contribution is -2.53. The molecule has 10 atom stereocenters. The fraction of sp³-hybridized carbons (Fsp3) is 0.933. The van der Waals surface area contributed by atoms with E-state index < -0.39 is 21.4 Å². The van der Waals surface area contributed by atoms with E-state index in [0.717, 1.165) is 56.3 Å². The van der Waals surface area contributed by atoms with Crippen molar-refractivity contribution in [2.24, 2.45) is 46.3 Å². The van der Waals surface area contributed by atoms with E-state index >= 15 is 0 Å². The lowest BCUT2D eigenvalue weighted by Gasteiger charge is -2.60. The van der Waals surface area contributed by atoms with Crippen molar-refractivity contribution in [3.63, 3.8) is 0 Å². The van der Waals surface area contributed by atoms with Crippen molar-refractivity contribution in [2.45, 2.75) is 128 Å². The average Bonchev–Trinajstić information content (AvgIpc) is 3.20. The van der Waals surface area contributed by atoms with Crippen LogP contribution in [0.3, 0.4) is 0 Å². The monoisotopic (exact) mass is 535 g/mol. The van der Waals surface area contributed by atoms with Crippen molar-refractivity contribution in [1.29, 1.82) is 0 Å². The topological polar surface area (TPSA) is 101 Å². The van der Waals surface area contributed by atoms with Crippen molar-refractivity contribution in [2.75, 3.05) is 0 Å². The van der Waals surface area contributed by atoms with Crippen molar-refractivity contribution >= 4 is 21.8 Å². The minimum absolute atomic E-state index is 0.0751. The quantitative estimate of drug-likeness (QED) is 0.410. The predicted octanol–water partition coefficient (Wildman–Crippen LogP) is 5.95. The molecule has 210 valence electrons. The van der Waals surface area contributed by atoms with E-state index in [0.29, 0.717) is 53.6 Å². The van der Waals surface area contributed by atoms with Crippen LogP contribution in [0.2, 0.25) is 0 Å². The Morgan fingerprint density at radius 1 is 1.00 bits per heavy atom. The first-order valence-corrected chi connectivity index (χ1v) is 16.7. The first kappa shape index (κ1) is 27.6. The minimum Gasteiger partial charge on any atom is -0.352 e. The van der Waals surface area contributed by atoms with E-state index in [2.05, 4.69) is 26.1 Å². The lowest BCUT2D eigenvalue weighted by molar-refractivity contribution is -0.140. The highest BCUT2D eigenvalue weighted by atomic mass is 32.2. The van der Waals surface area contributed by atoms with Crippen LogP contribution in [-0.2, 0) is 19.7 Å². The molecule has 10 unspecified atom stereocenters. The summed E-state index contributed by atoms with van der Waals surface area (Å²) in [4.78, 5) is 25.0. The Morgan fingerprint density at radius 3 is 2.49 bits per heavy atom. The summed E-state index contributed by atoms with van der Waals surface area (Å²) >= 11 is 0. The normalized spacial score (nSPS) is 44.9. The number of carbonyl (C=O) groups is 2. The Labute approximate surface area is 224 Å². The molecule has 0 spiro atoms. The zero-order valence-electron chi connectivity index (χ0n) is 23.2. The summed E-state index contributed by atoms with van der Waals surface area (Å²) in [7, 11) is -4.14. The predicted molar refractivity (Wildman–Crippen MR) is 144 cm³/mol. The van der Waals surface area contributed by atoms with Gasteiger partial charge in [0.1, 0.15) is 11.0 Å². The molecule has 0 aromatic rings. The van der Waals surface area contributed by atoms with E-state index in [4.69, 9.17) is 0 Å². The van der Waals surface area contributed by atoms with Gasteiger partial charge in [-0.15, -0.1) is 0 Å². The van der Waals surface area contributed by atoms with Crippen LogP contribution in [-0.4, -0.2) is 36.0 Å². The van der Waals surface area contributed by atoms with Gasteiger partial charge < -0.3 is 5.32 Å². The lowest BCUT2D eigenvalue weighted by atomic mass is 9.44. The summed E-state index contributed by atoms with van der Waals surface area (Å²) in [5.74, 6) is 4.41. The standard InChI is InChI=1S/C30H49NO5S/c1-19(8-13-28(33)31-26-6-4-5-7-27(26)37(34,35)36)23-11-12-24-22-10-9-20-18-21(32)14-16-29(20,2)25(22)15-17-30(23,24)3/h19-20,22-27H,4-18H2,1-3H3,(H,31,33)(H,34,35,36). The molecule has 0 aliphatic heterocycles. The summed E-state index contributed by atoms with van der Waals surface area (Å²) in [6, 6.07) is -0.471. The molecule has 0 radical (unpaired) electrons. The Hall–Kier alpha value is -0.950. The van der Waals surface area contributed by atoms with Crippen LogP contribution in [0.1, 0.15) is 117 Å². The van der Waals surface area contributed by atoms with Gasteiger partial charge in [-0.2, -0.15) is 8.42 Å². The zero-order chi connectivity index (χ0) is 26.6. The SMILES string of the molecule is CC(CCC(=O)NC1CCCCC1S(=O)(=O)O)C1CCC2C3CCC4CC(=O)CCC4(C)C3CCC12C. The van der Waals surface area contributed by atoms with Crippen LogP contribution in [0.5, 0.6) is 0 Å². The zero-order valence-corrected chi connectivity index (χ0v) is 24.0. The highest BCUT2D eigenvalue weighted by molar-refractivity contribution is 7.86. The van der Waals surface area contributed by atoms with Crippen LogP contribution >= 0.6 is 0 Å². The number of amides is 1. The van der Waals surface area contributed by atoms with Crippen molar-refractivity contribution in [1.82, 2.24) is 5.32 Å². The fourth-order valence-electron chi connectivity index (χ4n) is 10.5. The van der Waals surface area contributed by atoms with Crippen molar-refractivity contribution in [3.8, 4) is 0 Å².